The van der Waals surface area contributed by atoms with E-state index in [9.17, 15) is 13.2 Å². The summed E-state index contributed by atoms with van der Waals surface area (Å²) in [5, 5.41) is 0. The number of hydrogen-bond donors (Lipinski definition) is 0. The van der Waals surface area contributed by atoms with Gasteiger partial charge in [0.15, 0.2) is 15.9 Å². The van der Waals surface area contributed by atoms with Crippen molar-refractivity contribution in [3.8, 4) is 5.75 Å². The zero-order valence-electron chi connectivity index (χ0n) is 16.6. The van der Waals surface area contributed by atoms with E-state index in [1.807, 2.05) is 62.4 Å². The van der Waals surface area contributed by atoms with Crippen molar-refractivity contribution >= 4 is 15.7 Å². The highest BCUT2D eigenvalue weighted by Crippen LogP contribution is 2.25. The van der Waals surface area contributed by atoms with E-state index >= 15 is 0 Å². The van der Waals surface area contributed by atoms with Gasteiger partial charge in [-0.3, -0.25) is 4.79 Å². The van der Waals surface area contributed by atoms with Crippen molar-refractivity contribution in [1.29, 1.82) is 0 Å². The van der Waals surface area contributed by atoms with E-state index in [1.54, 1.807) is 11.8 Å². The van der Waals surface area contributed by atoms with Gasteiger partial charge in [-0.2, -0.15) is 0 Å². The van der Waals surface area contributed by atoms with Crippen molar-refractivity contribution in [3.63, 3.8) is 0 Å². The smallest absolute Gasteiger partial charge is 0.263 e. The minimum atomic E-state index is -3.10. The summed E-state index contributed by atoms with van der Waals surface area (Å²) in [5.74, 6) is 0.635. The van der Waals surface area contributed by atoms with Gasteiger partial charge in [0.05, 0.1) is 11.5 Å². The molecule has 28 heavy (non-hydrogen) atoms. The van der Waals surface area contributed by atoms with Gasteiger partial charge in [0.2, 0.25) is 0 Å². The minimum Gasteiger partial charge on any atom is -0.481 e. The van der Waals surface area contributed by atoms with E-state index < -0.39 is 15.9 Å². The van der Waals surface area contributed by atoms with Gasteiger partial charge in [-0.05, 0) is 49.9 Å². The van der Waals surface area contributed by atoms with Gasteiger partial charge < -0.3 is 9.64 Å². The fraction of sp³-hybridized carbons (Fsp3) is 0.409. The van der Waals surface area contributed by atoms with E-state index in [-0.39, 0.29) is 23.5 Å². The van der Waals surface area contributed by atoms with Crippen LogP contribution in [0.3, 0.4) is 0 Å². The molecule has 1 amide bonds. The van der Waals surface area contributed by atoms with Crippen LogP contribution in [-0.4, -0.2) is 42.9 Å². The molecule has 1 saturated heterocycles. The van der Waals surface area contributed by atoms with Crippen LogP contribution in [0.5, 0.6) is 5.75 Å². The van der Waals surface area contributed by atoms with Gasteiger partial charge in [0, 0.05) is 12.6 Å². The number of sulfone groups is 1. The minimum absolute atomic E-state index is 0.0156. The van der Waals surface area contributed by atoms with Crippen molar-refractivity contribution in [2.45, 2.75) is 45.9 Å². The molecule has 0 spiro atoms. The molecule has 0 radical (unpaired) electrons. The fourth-order valence-corrected chi connectivity index (χ4v) is 5.25. The maximum atomic E-state index is 13.3. The Balaban J connectivity index is 1.82. The van der Waals surface area contributed by atoms with Crippen LogP contribution in [0.4, 0.5) is 0 Å². The molecule has 3 rings (SSSR count). The van der Waals surface area contributed by atoms with Crippen LogP contribution in [0, 0.1) is 13.8 Å². The molecule has 0 aliphatic carbocycles. The lowest BCUT2D eigenvalue weighted by Gasteiger charge is -2.31. The Morgan fingerprint density at radius 3 is 2.50 bits per heavy atom. The Hall–Kier alpha value is -2.34. The molecule has 1 fully saturated rings. The van der Waals surface area contributed by atoms with Crippen molar-refractivity contribution in [2.75, 3.05) is 11.5 Å². The van der Waals surface area contributed by atoms with E-state index in [0.717, 1.165) is 16.7 Å². The Morgan fingerprint density at radius 1 is 1.14 bits per heavy atom. The molecule has 0 bridgehead atoms. The van der Waals surface area contributed by atoms with Crippen molar-refractivity contribution in [1.82, 2.24) is 4.90 Å². The summed E-state index contributed by atoms with van der Waals surface area (Å²) in [6, 6.07) is 15.1. The van der Waals surface area contributed by atoms with Crippen LogP contribution in [0.2, 0.25) is 0 Å². The van der Waals surface area contributed by atoms with Crippen LogP contribution in [-0.2, 0) is 21.2 Å². The number of rotatable bonds is 6. The number of benzene rings is 2. The summed E-state index contributed by atoms with van der Waals surface area (Å²) >= 11 is 0. The Labute approximate surface area is 167 Å². The predicted molar refractivity (Wildman–Crippen MR) is 110 cm³/mol. The molecule has 5 nitrogen and oxygen atoms in total. The average Bonchev–Trinajstić information content (AvgIpc) is 3.03. The standard InChI is InChI=1S/C22H27NO4S/c1-16-8-7-11-21(17(16)2)27-18(3)22(24)23(14-19-9-5-4-6-10-19)20-12-13-28(25,26)15-20/h4-11,18,20H,12-15H2,1-3H3. The number of carbonyl (C=O) groups is 1. The van der Waals surface area contributed by atoms with Crippen LogP contribution in [0.15, 0.2) is 48.5 Å². The lowest BCUT2D eigenvalue weighted by molar-refractivity contribution is -0.140. The van der Waals surface area contributed by atoms with Crippen LogP contribution >= 0.6 is 0 Å². The van der Waals surface area contributed by atoms with Crippen molar-refractivity contribution in [2.24, 2.45) is 0 Å². The highest BCUT2D eigenvalue weighted by Gasteiger charge is 2.36. The predicted octanol–water partition coefficient (Wildman–Crippen LogP) is 3.29. The number of amides is 1. The summed E-state index contributed by atoms with van der Waals surface area (Å²) < 4.78 is 30.0. The molecule has 2 aromatic carbocycles. The van der Waals surface area contributed by atoms with Crippen LogP contribution in [0.25, 0.3) is 0 Å². The van der Waals surface area contributed by atoms with Gasteiger partial charge in [0.25, 0.3) is 5.91 Å². The van der Waals surface area contributed by atoms with E-state index in [4.69, 9.17) is 4.74 Å². The SMILES string of the molecule is Cc1cccc(OC(C)C(=O)N(Cc2ccccc2)C2CCS(=O)(=O)C2)c1C. The summed E-state index contributed by atoms with van der Waals surface area (Å²) in [4.78, 5) is 14.9. The highest BCUT2D eigenvalue weighted by atomic mass is 32.2. The number of ether oxygens (including phenoxy) is 1. The molecule has 0 N–H and O–H groups in total. The van der Waals surface area contributed by atoms with Gasteiger partial charge in [-0.25, -0.2) is 8.42 Å². The number of carbonyl (C=O) groups excluding carboxylic acids is 1. The van der Waals surface area contributed by atoms with E-state index in [2.05, 4.69) is 0 Å². The van der Waals surface area contributed by atoms with E-state index in [0.29, 0.717) is 18.7 Å². The molecule has 1 aliphatic heterocycles. The molecule has 1 aliphatic rings. The highest BCUT2D eigenvalue weighted by molar-refractivity contribution is 7.91. The normalized spacial score (nSPS) is 19.2. The molecule has 0 saturated carbocycles. The van der Waals surface area contributed by atoms with Gasteiger partial charge in [-0.15, -0.1) is 0 Å². The first-order valence-electron chi connectivity index (χ1n) is 9.54. The average molecular weight is 402 g/mol. The lowest BCUT2D eigenvalue weighted by Crippen LogP contribution is -2.46. The third kappa shape index (κ3) is 4.73. The quantitative estimate of drug-likeness (QED) is 0.745. The summed E-state index contributed by atoms with van der Waals surface area (Å²) in [6.07, 6.45) is -0.232. The van der Waals surface area contributed by atoms with Crippen LogP contribution < -0.4 is 4.74 Å². The molecule has 2 atom stereocenters. The molecule has 2 unspecified atom stereocenters. The van der Waals surface area contributed by atoms with Gasteiger partial charge >= 0.3 is 0 Å². The second-order valence-electron chi connectivity index (χ2n) is 7.47. The number of aryl methyl sites for hydroxylation is 1. The fourth-order valence-electron chi connectivity index (χ4n) is 3.51. The topological polar surface area (TPSA) is 63.7 Å². The summed E-state index contributed by atoms with van der Waals surface area (Å²) in [6.45, 7) is 6.07. The maximum absolute atomic E-state index is 13.3. The Bertz CT molecular complexity index is 940. The lowest BCUT2D eigenvalue weighted by atomic mass is 10.1. The molecule has 150 valence electrons. The first-order chi connectivity index (χ1) is 13.3. The first-order valence-corrected chi connectivity index (χ1v) is 11.4. The maximum Gasteiger partial charge on any atom is 0.263 e. The molecular formula is C22H27NO4S. The van der Waals surface area contributed by atoms with Gasteiger partial charge in [-0.1, -0.05) is 42.5 Å². The van der Waals surface area contributed by atoms with Crippen molar-refractivity contribution in [3.05, 3.63) is 65.2 Å². The van der Waals surface area contributed by atoms with Gasteiger partial charge in [0.1, 0.15) is 5.75 Å². The zero-order valence-corrected chi connectivity index (χ0v) is 17.4. The molecular weight excluding hydrogens is 374 g/mol. The first kappa shape index (κ1) is 20.4. The largest absolute Gasteiger partial charge is 0.481 e. The van der Waals surface area contributed by atoms with Crippen LogP contribution in [0.1, 0.15) is 30.0 Å². The number of nitrogens with zero attached hydrogens (tertiary/aromatic N) is 1. The van der Waals surface area contributed by atoms with Crippen molar-refractivity contribution < 1.29 is 17.9 Å². The Morgan fingerprint density at radius 2 is 1.86 bits per heavy atom. The van der Waals surface area contributed by atoms with E-state index in [1.165, 1.54) is 0 Å². The Kier molecular flexibility index (Phi) is 6.08. The second kappa shape index (κ2) is 8.35. The molecule has 1 heterocycles. The summed E-state index contributed by atoms with van der Waals surface area (Å²) in [7, 11) is -3.10. The third-order valence-electron chi connectivity index (χ3n) is 5.33. The monoisotopic (exact) mass is 401 g/mol. The zero-order chi connectivity index (χ0) is 20.3. The molecule has 6 heteroatoms. The molecule has 2 aromatic rings. The summed E-state index contributed by atoms with van der Waals surface area (Å²) in [5.41, 5.74) is 3.07. The third-order valence-corrected chi connectivity index (χ3v) is 7.08. The number of hydrogen-bond acceptors (Lipinski definition) is 4. The second-order valence-corrected chi connectivity index (χ2v) is 9.70. The molecule has 0 aromatic heterocycles.